The molecule has 2 heterocycles. The molecule has 2 saturated heterocycles. The van der Waals surface area contributed by atoms with Crippen molar-refractivity contribution >= 4 is 22.4 Å². The van der Waals surface area contributed by atoms with Crippen LogP contribution >= 0.6 is 0 Å². The fraction of sp³-hybridized carbons (Fsp3) is 0.704. The fourth-order valence-corrected chi connectivity index (χ4v) is 3.99. The second-order valence-corrected chi connectivity index (χ2v) is 11.9. The number of aryl methyl sites for hydroxylation is 1. The zero-order valence-electron chi connectivity index (χ0n) is 24.8. The zero-order chi connectivity index (χ0) is 31.2. The van der Waals surface area contributed by atoms with Crippen LogP contribution in [0, 0.1) is 24.0 Å². The molecule has 1 amide bonds. The number of nitrogens with one attached hydrogen (secondary N) is 1. The number of unbranched alkanes of at least 4 members (excludes halogenated alkanes) is 1. The van der Waals surface area contributed by atoms with E-state index in [1.807, 2.05) is 13.8 Å². The average Bonchev–Trinajstić information content (AvgIpc) is 3.51. The van der Waals surface area contributed by atoms with Crippen LogP contribution in [0.3, 0.4) is 0 Å². The van der Waals surface area contributed by atoms with Crippen LogP contribution in [-0.2, 0) is 19.6 Å². The number of piperidine rings is 1. The van der Waals surface area contributed by atoms with Crippen molar-refractivity contribution in [3.05, 3.63) is 35.4 Å². The van der Waals surface area contributed by atoms with E-state index >= 15 is 0 Å². The number of hydroxylamine groups is 1. The number of benzene rings is 1. The third kappa shape index (κ3) is 19.0. The molecule has 10 nitrogen and oxygen atoms in total. The monoisotopic (exact) mass is 597 g/mol. The lowest BCUT2D eigenvalue weighted by Gasteiger charge is -2.33. The minimum absolute atomic E-state index is 0.202. The molecule has 0 radical (unpaired) electrons. The molecule has 40 heavy (non-hydrogen) atoms. The molecular formula is C27H49F2N3O7S. The molecule has 2 aliphatic heterocycles. The van der Waals surface area contributed by atoms with E-state index in [4.69, 9.17) is 15.1 Å². The summed E-state index contributed by atoms with van der Waals surface area (Å²) in [7, 11) is 0.127. The Labute approximate surface area is 238 Å². The average molecular weight is 598 g/mol. The second kappa shape index (κ2) is 22.5. The number of rotatable bonds is 6. The summed E-state index contributed by atoms with van der Waals surface area (Å²) in [6.45, 7) is 10.8. The van der Waals surface area contributed by atoms with Gasteiger partial charge < -0.3 is 24.7 Å². The third-order valence-corrected chi connectivity index (χ3v) is 7.95. The van der Waals surface area contributed by atoms with E-state index < -0.39 is 27.8 Å². The summed E-state index contributed by atoms with van der Waals surface area (Å²) in [6, 6.07) is 3.51. The van der Waals surface area contributed by atoms with Gasteiger partial charge in [0.05, 0.1) is 5.75 Å². The normalized spacial score (nSPS) is 15.6. The molecule has 3 rings (SSSR count). The Hall–Kier alpha value is -2.19. The van der Waals surface area contributed by atoms with E-state index in [1.165, 1.54) is 41.2 Å². The number of sulfonamides is 1. The summed E-state index contributed by atoms with van der Waals surface area (Å²) in [5.41, 5.74) is 1.92. The van der Waals surface area contributed by atoms with Gasteiger partial charge in [-0.2, -0.15) is 0 Å². The van der Waals surface area contributed by atoms with Crippen molar-refractivity contribution in [2.75, 3.05) is 52.7 Å². The number of carboxylic acid groups (broad SMARTS) is 1. The van der Waals surface area contributed by atoms with Crippen LogP contribution in [0.4, 0.5) is 13.6 Å². The van der Waals surface area contributed by atoms with Crippen LogP contribution in [-0.4, -0.2) is 93.0 Å². The molecule has 0 unspecified atom stereocenters. The molecule has 0 aliphatic carbocycles. The number of hydrogen-bond donors (Lipinski definition) is 3. The van der Waals surface area contributed by atoms with Gasteiger partial charge in [0, 0.05) is 58.4 Å². The number of nitrogens with zero attached hydrogens (tertiary/aromatic N) is 2. The third-order valence-electron chi connectivity index (χ3n) is 6.09. The standard InChI is InChI=1S/C8H13NO3.C7H6F2.C7H17NO2S.C4H8O.CH5NO/c1-8(6-10)2-4-9(5-3-8)7(11)12;1-5-2-3-6(8)4-7(5)9;1-4-6-7-8(3)11(9,10)5-2;1-2-4-5-3-1;1-2-3/h6H,2-5H2,1H3,(H,11,12);2-4H,1H3;4-7H2,1-3H3;1-4H2;2-3H,1H3. The molecule has 0 bridgehead atoms. The molecule has 2 aliphatic rings. The largest absolute Gasteiger partial charge is 0.465 e. The summed E-state index contributed by atoms with van der Waals surface area (Å²) in [4.78, 5) is 22.4. The summed E-state index contributed by atoms with van der Waals surface area (Å²) in [6.07, 6.45) is 5.86. The van der Waals surface area contributed by atoms with Crippen molar-refractivity contribution in [3.63, 3.8) is 0 Å². The van der Waals surface area contributed by atoms with Gasteiger partial charge in [0.25, 0.3) is 0 Å². The molecule has 0 saturated carbocycles. The lowest BCUT2D eigenvalue weighted by Crippen LogP contribution is -2.41. The Morgan fingerprint density at radius 3 is 2.05 bits per heavy atom. The molecule has 1 aromatic carbocycles. The lowest BCUT2D eigenvalue weighted by molar-refractivity contribution is -0.117. The lowest BCUT2D eigenvalue weighted by atomic mass is 9.82. The number of carbonyl (C=O) groups excluding carboxylic acids is 1. The Balaban J connectivity index is 0. The predicted octanol–water partition coefficient (Wildman–Crippen LogP) is 4.70. The maximum absolute atomic E-state index is 12.3. The minimum atomic E-state index is -2.94. The van der Waals surface area contributed by atoms with Crippen molar-refractivity contribution in [1.29, 1.82) is 0 Å². The van der Waals surface area contributed by atoms with Crippen LogP contribution in [0.1, 0.15) is 64.9 Å². The van der Waals surface area contributed by atoms with E-state index in [-0.39, 0.29) is 11.2 Å². The predicted molar refractivity (Wildman–Crippen MR) is 152 cm³/mol. The SMILES string of the molecule is C1CCOC1.CC1(C=O)CCN(C(=O)O)CC1.CCCCN(C)S(=O)(=O)CC.CNO.Cc1ccc(F)cc1F. The van der Waals surface area contributed by atoms with Gasteiger partial charge in [-0.3, -0.25) is 0 Å². The van der Waals surface area contributed by atoms with Gasteiger partial charge in [-0.05, 0) is 57.6 Å². The molecule has 0 atom stereocenters. The first-order valence-corrected chi connectivity index (χ1v) is 15.0. The van der Waals surface area contributed by atoms with E-state index in [0.29, 0.717) is 38.0 Å². The Morgan fingerprint density at radius 2 is 1.73 bits per heavy atom. The number of halogens is 2. The maximum Gasteiger partial charge on any atom is 0.407 e. The maximum atomic E-state index is 12.3. The number of aldehydes is 1. The smallest absolute Gasteiger partial charge is 0.407 e. The van der Waals surface area contributed by atoms with E-state index in [2.05, 4.69) is 0 Å². The Kier molecular flexibility index (Phi) is 22.5. The van der Waals surface area contributed by atoms with Gasteiger partial charge in [0.2, 0.25) is 10.0 Å². The minimum Gasteiger partial charge on any atom is -0.465 e. The van der Waals surface area contributed by atoms with Crippen LogP contribution < -0.4 is 5.48 Å². The van der Waals surface area contributed by atoms with Gasteiger partial charge in [-0.15, -0.1) is 0 Å². The molecule has 0 spiro atoms. The molecule has 0 aromatic heterocycles. The van der Waals surface area contributed by atoms with Crippen LogP contribution in [0.15, 0.2) is 18.2 Å². The first-order valence-electron chi connectivity index (χ1n) is 13.4. The number of amides is 1. The highest BCUT2D eigenvalue weighted by Gasteiger charge is 2.31. The van der Waals surface area contributed by atoms with E-state index in [0.717, 1.165) is 38.4 Å². The quantitative estimate of drug-likeness (QED) is 0.317. The van der Waals surface area contributed by atoms with Crippen molar-refractivity contribution < 1.29 is 41.8 Å². The Bertz CT molecular complexity index is 917. The van der Waals surface area contributed by atoms with E-state index in [1.54, 1.807) is 26.4 Å². The van der Waals surface area contributed by atoms with Gasteiger partial charge >= 0.3 is 6.09 Å². The van der Waals surface area contributed by atoms with Crippen LogP contribution in [0.2, 0.25) is 0 Å². The highest BCUT2D eigenvalue weighted by molar-refractivity contribution is 7.89. The van der Waals surface area contributed by atoms with Gasteiger partial charge in [-0.1, -0.05) is 26.3 Å². The van der Waals surface area contributed by atoms with Crippen molar-refractivity contribution in [1.82, 2.24) is 14.7 Å². The topological polar surface area (TPSA) is 136 Å². The summed E-state index contributed by atoms with van der Waals surface area (Å²) in [5, 5.41) is 15.9. The highest BCUT2D eigenvalue weighted by atomic mass is 32.2. The van der Waals surface area contributed by atoms with Crippen molar-refractivity contribution in [2.24, 2.45) is 5.41 Å². The fourth-order valence-electron chi connectivity index (χ4n) is 3.14. The number of likely N-dealkylation sites (tertiary alicyclic amines) is 1. The molecular weight excluding hydrogens is 548 g/mol. The molecule has 2 fully saturated rings. The van der Waals surface area contributed by atoms with Crippen LogP contribution in [0.25, 0.3) is 0 Å². The van der Waals surface area contributed by atoms with Gasteiger partial charge in [-0.25, -0.2) is 31.8 Å². The van der Waals surface area contributed by atoms with Gasteiger partial charge in [0.15, 0.2) is 0 Å². The number of hydrogen-bond acceptors (Lipinski definition) is 7. The summed E-state index contributed by atoms with van der Waals surface area (Å²) in [5.74, 6) is -0.819. The summed E-state index contributed by atoms with van der Waals surface area (Å²) >= 11 is 0. The number of ether oxygens (including phenoxy) is 1. The van der Waals surface area contributed by atoms with Crippen molar-refractivity contribution in [2.45, 2.75) is 66.2 Å². The first-order chi connectivity index (χ1) is 18.7. The number of carbonyl (C=O) groups is 2. The summed E-state index contributed by atoms with van der Waals surface area (Å²) < 4.78 is 53.1. The zero-order valence-corrected chi connectivity index (χ0v) is 25.6. The highest BCUT2D eigenvalue weighted by Crippen LogP contribution is 2.28. The van der Waals surface area contributed by atoms with E-state index in [9.17, 15) is 26.8 Å². The molecule has 234 valence electrons. The van der Waals surface area contributed by atoms with Crippen molar-refractivity contribution in [3.8, 4) is 0 Å². The van der Waals surface area contributed by atoms with Crippen LogP contribution in [0.5, 0.6) is 0 Å². The molecule has 3 N–H and O–H groups in total. The Morgan fingerprint density at radius 1 is 1.20 bits per heavy atom. The molecule has 1 aromatic rings. The van der Waals surface area contributed by atoms with Gasteiger partial charge in [0.1, 0.15) is 17.9 Å². The molecule has 13 heteroatoms. The first kappa shape index (κ1) is 40.0. The second-order valence-electron chi connectivity index (χ2n) is 9.55.